The number of unbranched alkanes of at least 4 members (excludes halogenated alkanes) is 1. The molecule has 1 aliphatic rings. The van der Waals surface area contributed by atoms with Crippen LogP contribution >= 0.6 is 11.8 Å². The van der Waals surface area contributed by atoms with Crippen molar-refractivity contribution in [3.63, 3.8) is 0 Å². The number of rotatable bonds is 5. The highest BCUT2D eigenvalue weighted by Gasteiger charge is 2.24. The van der Waals surface area contributed by atoms with E-state index in [4.69, 9.17) is 0 Å². The summed E-state index contributed by atoms with van der Waals surface area (Å²) in [6.45, 7) is 9.53. The minimum absolute atomic E-state index is 0.822. The molecule has 1 atom stereocenters. The van der Waals surface area contributed by atoms with Crippen molar-refractivity contribution < 1.29 is 0 Å². The Morgan fingerprint density at radius 2 is 2.23 bits per heavy atom. The summed E-state index contributed by atoms with van der Waals surface area (Å²) in [5.41, 5.74) is 0. The van der Waals surface area contributed by atoms with E-state index in [1.807, 2.05) is 0 Å². The minimum atomic E-state index is 0.822. The van der Waals surface area contributed by atoms with Gasteiger partial charge in [0, 0.05) is 18.8 Å². The van der Waals surface area contributed by atoms with Gasteiger partial charge < -0.3 is 0 Å². The highest BCUT2D eigenvalue weighted by atomic mass is 32.2. The maximum atomic E-state index is 2.67. The van der Waals surface area contributed by atoms with Gasteiger partial charge in [0.25, 0.3) is 0 Å². The molecule has 1 saturated heterocycles. The van der Waals surface area contributed by atoms with Crippen molar-refractivity contribution in [3.8, 4) is 0 Å². The predicted octanol–water partition coefficient (Wildman–Crippen LogP) is 3.21. The van der Waals surface area contributed by atoms with Gasteiger partial charge in [-0.3, -0.25) is 4.90 Å². The minimum Gasteiger partial charge on any atom is -0.290 e. The molecule has 2 heteroatoms. The molecule has 1 aliphatic heterocycles. The Kier molecular flexibility index (Phi) is 5.18. The van der Waals surface area contributed by atoms with Crippen molar-refractivity contribution in [1.29, 1.82) is 0 Å². The van der Waals surface area contributed by atoms with Gasteiger partial charge >= 0.3 is 0 Å². The van der Waals surface area contributed by atoms with E-state index in [-0.39, 0.29) is 0 Å². The summed E-state index contributed by atoms with van der Waals surface area (Å²) >= 11 is 2.16. The van der Waals surface area contributed by atoms with E-state index >= 15 is 0 Å². The average molecular weight is 201 g/mol. The largest absolute Gasteiger partial charge is 0.290 e. The van der Waals surface area contributed by atoms with Gasteiger partial charge in [0.15, 0.2) is 0 Å². The Hall–Kier alpha value is 0.310. The lowest BCUT2D eigenvalue weighted by Crippen LogP contribution is -2.31. The van der Waals surface area contributed by atoms with Gasteiger partial charge in [-0.15, -0.1) is 11.8 Å². The third-order valence-corrected chi connectivity index (χ3v) is 3.84. The van der Waals surface area contributed by atoms with Crippen LogP contribution in [0.3, 0.4) is 0 Å². The Labute approximate surface area is 87.3 Å². The second kappa shape index (κ2) is 5.92. The molecule has 0 saturated carbocycles. The van der Waals surface area contributed by atoms with Crippen LogP contribution in [0.15, 0.2) is 0 Å². The Balaban J connectivity index is 2.26. The molecular formula is C11H23NS. The number of hydrogen-bond acceptors (Lipinski definition) is 2. The van der Waals surface area contributed by atoms with Crippen LogP contribution in [0.4, 0.5) is 0 Å². The molecule has 1 heterocycles. The summed E-state index contributed by atoms with van der Waals surface area (Å²) in [6, 6.07) is 0. The Morgan fingerprint density at radius 1 is 1.46 bits per heavy atom. The molecule has 0 radical (unpaired) electrons. The lowest BCUT2D eigenvalue weighted by Gasteiger charge is -2.24. The Morgan fingerprint density at radius 3 is 2.85 bits per heavy atom. The van der Waals surface area contributed by atoms with E-state index in [1.54, 1.807) is 0 Å². The monoisotopic (exact) mass is 201 g/mol. The first-order valence-corrected chi connectivity index (χ1v) is 6.64. The molecular weight excluding hydrogens is 178 g/mol. The van der Waals surface area contributed by atoms with E-state index in [9.17, 15) is 0 Å². The van der Waals surface area contributed by atoms with Crippen molar-refractivity contribution in [1.82, 2.24) is 4.90 Å². The van der Waals surface area contributed by atoms with Gasteiger partial charge in [-0.25, -0.2) is 0 Å². The topological polar surface area (TPSA) is 3.24 Å². The number of thioether (sulfide) groups is 1. The third kappa shape index (κ3) is 3.90. The second-order valence-electron chi connectivity index (χ2n) is 4.36. The molecule has 1 nitrogen and oxygen atoms in total. The van der Waals surface area contributed by atoms with Gasteiger partial charge in [0.2, 0.25) is 0 Å². The highest BCUT2D eigenvalue weighted by molar-refractivity contribution is 8.00. The van der Waals surface area contributed by atoms with Crippen LogP contribution in [0.1, 0.15) is 40.0 Å². The standard InChI is InChI=1S/C11H23NS/c1-4-5-6-11-12(7-8-13-11)9-10(2)3/h10-11H,4-9H2,1-3H3. The third-order valence-electron chi connectivity index (χ3n) is 2.50. The van der Waals surface area contributed by atoms with Gasteiger partial charge in [-0.05, 0) is 12.3 Å². The van der Waals surface area contributed by atoms with E-state index in [0.717, 1.165) is 11.3 Å². The molecule has 0 spiro atoms. The molecule has 13 heavy (non-hydrogen) atoms. The fourth-order valence-corrected chi connectivity index (χ4v) is 3.23. The molecule has 0 bridgehead atoms. The van der Waals surface area contributed by atoms with Crippen LogP contribution in [-0.4, -0.2) is 29.1 Å². The van der Waals surface area contributed by atoms with Gasteiger partial charge in [-0.1, -0.05) is 33.6 Å². The first kappa shape index (κ1) is 11.4. The molecule has 1 rings (SSSR count). The molecule has 0 N–H and O–H groups in total. The highest BCUT2D eigenvalue weighted by Crippen LogP contribution is 2.28. The summed E-state index contributed by atoms with van der Waals surface area (Å²) in [6.07, 6.45) is 4.13. The zero-order chi connectivity index (χ0) is 9.68. The van der Waals surface area contributed by atoms with Crippen LogP contribution < -0.4 is 0 Å². The smallest absolute Gasteiger partial charge is 0.0558 e. The van der Waals surface area contributed by atoms with E-state index in [2.05, 4.69) is 37.4 Å². The van der Waals surface area contributed by atoms with Crippen molar-refractivity contribution in [2.45, 2.75) is 45.4 Å². The summed E-state index contributed by atoms with van der Waals surface area (Å²) in [7, 11) is 0. The first-order chi connectivity index (χ1) is 6.24. The Bertz CT molecular complexity index is 136. The zero-order valence-corrected chi connectivity index (χ0v) is 10.1. The van der Waals surface area contributed by atoms with Gasteiger partial charge in [-0.2, -0.15) is 0 Å². The summed E-state index contributed by atoms with van der Waals surface area (Å²) in [5, 5.41) is 0.836. The molecule has 0 amide bonds. The van der Waals surface area contributed by atoms with Crippen LogP contribution in [0, 0.1) is 5.92 Å². The number of hydrogen-bond donors (Lipinski definition) is 0. The SMILES string of the molecule is CCCCC1SCCN1CC(C)C. The van der Waals surface area contributed by atoms with Gasteiger partial charge in [0.1, 0.15) is 0 Å². The first-order valence-electron chi connectivity index (χ1n) is 5.59. The van der Waals surface area contributed by atoms with Crippen LogP contribution in [0.25, 0.3) is 0 Å². The second-order valence-corrected chi connectivity index (χ2v) is 5.64. The normalized spacial score (nSPS) is 24.5. The van der Waals surface area contributed by atoms with Crippen molar-refractivity contribution in [2.75, 3.05) is 18.8 Å². The fourth-order valence-electron chi connectivity index (χ4n) is 1.88. The van der Waals surface area contributed by atoms with Crippen LogP contribution in [0.2, 0.25) is 0 Å². The molecule has 78 valence electrons. The summed E-state index contributed by atoms with van der Waals surface area (Å²) < 4.78 is 0. The molecule has 0 aliphatic carbocycles. The zero-order valence-electron chi connectivity index (χ0n) is 9.25. The lowest BCUT2D eigenvalue weighted by atomic mass is 10.2. The molecule has 0 aromatic rings. The maximum absolute atomic E-state index is 2.67. The average Bonchev–Trinajstić information content (AvgIpc) is 2.48. The summed E-state index contributed by atoms with van der Waals surface area (Å²) in [5.74, 6) is 2.17. The van der Waals surface area contributed by atoms with Gasteiger partial charge in [0.05, 0.1) is 5.37 Å². The molecule has 0 aromatic carbocycles. The van der Waals surface area contributed by atoms with Crippen LogP contribution in [0.5, 0.6) is 0 Å². The lowest BCUT2D eigenvalue weighted by molar-refractivity contribution is 0.245. The van der Waals surface area contributed by atoms with Crippen molar-refractivity contribution in [2.24, 2.45) is 5.92 Å². The summed E-state index contributed by atoms with van der Waals surface area (Å²) in [4.78, 5) is 2.67. The van der Waals surface area contributed by atoms with E-state index in [1.165, 1.54) is 38.1 Å². The van der Waals surface area contributed by atoms with E-state index in [0.29, 0.717) is 0 Å². The quantitative estimate of drug-likeness (QED) is 0.672. The maximum Gasteiger partial charge on any atom is 0.0558 e. The van der Waals surface area contributed by atoms with Crippen LogP contribution in [-0.2, 0) is 0 Å². The fraction of sp³-hybridized carbons (Fsp3) is 1.00. The molecule has 0 aromatic heterocycles. The predicted molar refractivity (Wildman–Crippen MR) is 62.2 cm³/mol. The number of nitrogens with zero attached hydrogens (tertiary/aromatic N) is 1. The molecule has 1 unspecified atom stereocenters. The van der Waals surface area contributed by atoms with E-state index < -0.39 is 0 Å². The molecule has 1 fully saturated rings. The van der Waals surface area contributed by atoms with Crippen molar-refractivity contribution in [3.05, 3.63) is 0 Å². The van der Waals surface area contributed by atoms with Crippen molar-refractivity contribution >= 4 is 11.8 Å².